The monoisotopic (exact) mass is 473 g/mol. The number of anilines is 1. The Morgan fingerprint density at radius 1 is 1.06 bits per heavy atom. The van der Waals surface area contributed by atoms with Crippen molar-refractivity contribution in [2.45, 2.75) is 11.3 Å². The van der Waals surface area contributed by atoms with Crippen molar-refractivity contribution in [1.82, 2.24) is 19.5 Å². The van der Waals surface area contributed by atoms with E-state index in [1.165, 1.54) is 18.2 Å². The molecule has 0 aliphatic heterocycles. The first-order chi connectivity index (χ1) is 15.9. The summed E-state index contributed by atoms with van der Waals surface area (Å²) in [5.74, 6) is 0.396. The number of thioether (sulfide) groups is 1. The fraction of sp³-hybridized carbons (Fsp3) is 0.136. The van der Waals surface area contributed by atoms with Crippen molar-refractivity contribution < 1.29 is 22.7 Å². The third-order valence-corrected chi connectivity index (χ3v) is 5.52. The van der Waals surface area contributed by atoms with Crippen molar-refractivity contribution in [3.63, 3.8) is 0 Å². The maximum atomic E-state index is 13.2. The van der Waals surface area contributed by atoms with Gasteiger partial charge in [-0.3, -0.25) is 9.47 Å². The van der Waals surface area contributed by atoms with Gasteiger partial charge >= 0.3 is 6.18 Å². The van der Waals surface area contributed by atoms with Crippen LogP contribution in [0.15, 0.2) is 78.2 Å². The van der Waals surface area contributed by atoms with Gasteiger partial charge in [0.2, 0.25) is 11.1 Å². The summed E-state index contributed by atoms with van der Waals surface area (Å²) in [6.07, 6.45) is -0.995. The molecular formula is C22H18F3N5O2S. The van der Waals surface area contributed by atoms with Crippen molar-refractivity contribution in [2.24, 2.45) is 0 Å². The molecule has 1 N–H and O–H groups in total. The van der Waals surface area contributed by atoms with Crippen LogP contribution in [-0.2, 0) is 11.0 Å². The van der Waals surface area contributed by atoms with Crippen LogP contribution in [0.3, 0.4) is 0 Å². The molecule has 2 aromatic carbocycles. The molecule has 11 heteroatoms. The predicted molar refractivity (Wildman–Crippen MR) is 118 cm³/mol. The minimum Gasteiger partial charge on any atom is -0.497 e. The van der Waals surface area contributed by atoms with Crippen LogP contribution < -0.4 is 10.1 Å². The number of hydrogen-bond acceptors (Lipinski definition) is 5. The number of alkyl halides is 3. The van der Waals surface area contributed by atoms with Crippen LogP contribution in [0.25, 0.3) is 11.4 Å². The highest BCUT2D eigenvalue weighted by Crippen LogP contribution is 2.34. The molecule has 0 atom stereocenters. The molecule has 0 fully saturated rings. The Kier molecular flexibility index (Phi) is 6.40. The number of carbonyl (C=O) groups excluding carboxylic acids is 1. The van der Waals surface area contributed by atoms with Gasteiger partial charge in [0, 0.05) is 18.0 Å². The van der Waals surface area contributed by atoms with Crippen LogP contribution >= 0.6 is 11.8 Å². The fourth-order valence-corrected chi connectivity index (χ4v) is 3.85. The molecule has 0 saturated heterocycles. The Hall–Kier alpha value is -3.73. The molecule has 4 aromatic rings. The summed E-state index contributed by atoms with van der Waals surface area (Å²) in [4.78, 5) is 12.4. The molecule has 7 nitrogen and oxygen atoms in total. The Morgan fingerprint density at radius 2 is 1.82 bits per heavy atom. The van der Waals surface area contributed by atoms with Crippen molar-refractivity contribution in [3.8, 4) is 17.1 Å². The number of ether oxygens (including phenoxy) is 1. The predicted octanol–water partition coefficient (Wildman–Crippen LogP) is 4.82. The quantitative estimate of drug-likeness (QED) is 0.390. The third-order valence-electron chi connectivity index (χ3n) is 4.60. The van der Waals surface area contributed by atoms with Gasteiger partial charge in [0.05, 0.1) is 24.1 Å². The van der Waals surface area contributed by atoms with E-state index in [1.54, 1.807) is 41.0 Å². The minimum atomic E-state index is -4.57. The minimum absolute atomic E-state index is 0.163. The maximum Gasteiger partial charge on any atom is 0.418 e. The Labute approximate surface area is 191 Å². The van der Waals surface area contributed by atoms with E-state index in [4.69, 9.17) is 4.74 Å². The molecule has 0 spiro atoms. The zero-order valence-electron chi connectivity index (χ0n) is 17.3. The number of rotatable bonds is 7. The standard InChI is InChI=1S/C22H18F3N5O2S/c1-32-16-8-6-7-15(13-16)20-27-28-21(30(20)29-11-4-5-12-29)33-14-19(31)26-18-10-3-2-9-17(18)22(23,24)25/h2-13H,14H2,1H3,(H,26,31). The number of amides is 1. The molecule has 33 heavy (non-hydrogen) atoms. The van der Waals surface area contributed by atoms with Crippen LogP contribution in [0, 0.1) is 0 Å². The summed E-state index contributed by atoms with van der Waals surface area (Å²) in [6.45, 7) is 0. The average Bonchev–Trinajstić information content (AvgIpc) is 3.47. The van der Waals surface area contributed by atoms with E-state index in [2.05, 4.69) is 15.5 Å². The molecule has 0 unspecified atom stereocenters. The SMILES string of the molecule is COc1cccc(-c2nnc(SCC(=O)Nc3ccccc3C(F)(F)F)n2-n2cccc2)c1. The zero-order valence-corrected chi connectivity index (χ0v) is 18.1. The molecule has 0 bridgehead atoms. The van der Waals surface area contributed by atoms with E-state index in [0.29, 0.717) is 16.7 Å². The van der Waals surface area contributed by atoms with E-state index in [1.807, 2.05) is 24.3 Å². The number of benzene rings is 2. The van der Waals surface area contributed by atoms with Gasteiger partial charge in [-0.1, -0.05) is 36.0 Å². The average molecular weight is 473 g/mol. The molecule has 1 amide bonds. The van der Waals surface area contributed by atoms with Crippen LogP contribution in [0.1, 0.15) is 5.56 Å². The van der Waals surface area contributed by atoms with E-state index in [9.17, 15) is 18.0 Å². The van der Waals surface area contributed by atoms with Gasteiger partial charge in [0.1, 0.15) is 5.75 Å². The fourth-order valence-electron chi connectivity index (χ4n) is 3.12. The zero-order chi connectivity index (χ0) is 23.4. The molecule has 2 heterocycles. The summed E-state index contributed by atoms with van der Waals surface area (Å²) in [7, 11) is 1.56. The number of carbonyl (C=O) groups is 1. The number of halogens is 3. The maximum absolute atomic E-state index is 13.2. The van der Waals surface area contributed by atoms with Crippen LogP contribution in [0.4, 0.5) is 18.9 Å². The number of hydrogen-bond donors (Lipinski definition) is 1. The first kappa shape index (κ1) is 22.5. The highest BCUT2D eigenvalue weighted by molar-refractivity contribution is 7.99. The van der Waals surface area contributed by atoms with Crippen molar-refractivity contribution in [1.29, 1.82) is 0 Å². The lowest BCUT2D eigenvalue weighted by Gasteiger charge is -2.14. The van der Waals surface area contributed by atoms with Crippen molar-refractivity contribution in [2.75, 3.05) is 18.2 Å². The summed E-state index contributed by atoms with van der Waals surface area (Å²) in [6, 6.07) is 15.8. The number of nitrogens with zero attached hydrogens (tertiary/aromatic N) is 4. The summed E-state index contributed by atoms with van der Waals surface area (Å²) >= 11 is 1.06. The van der Waals surface area contributed by atoms with Gasteiger partial charge in [0.25, 0.3) is 0 Å². The summed E-state index contributed by atoms with van der Waals surface area (Å²) < 4.78 is 48.3. The van der Waals surface area contributed by atoms with Crippen LogP contribution in [0.5, 0.6) is 5.75 Å². The molecule has 2 aromatic heterocycles. The highest BCUT2D eigenvalue weighted by atomic mass is 32.2. The highest BCUT2D eigenvalue weighted by Gasteiger charge is 2.33. The normalized spacial score (nSPS) is 11.4. The first-order valence-corrected chi connectivity index (χ1v) is 10.7. The van der Waals surface area contributed by atoms with Crippen molar-refractivity contribution in [3.05, 3.63) is 78.6 Å². The van der Waals surface area contributed by atoms with Crippen LogP contribution in [-0.4, -0.2) is 38.3 Å². The molecule has 0 aliphatic carbocycles. The second-order valence-corrected chi connectivity index (χ2v) is 7.74. The Balaban J connectivity index is 1.57. The lowest BCUT2D eigenvalue weighted by molar-refractivity contribution is -0.137. The number of para-hydroxylation sites is 1. The Bertz CT molecular complexity index is 1260. The number of methoxy groups -OCH3 is 1. The lowest BCUT2D eigenvalue weighted by Crippen LogP contribution is -2.18. The second-order valence-electron chi connectivity index (χ2n) is 6.79. The molecule has 0 saturated carbocycles. The molecule has 0 aliphatic rings. The molecular weight excluding hydrogens is 455 g/mol. The van der Waals surface area contributed by atoms with E-state index in [-0.39, 0.29) is 11.4 Å². The number of nitrogens with one attached hydrogen (secondary N) is 1. The van der Waals surface area contributed by atoms with Gasteiger partial charge in [0.15, 0.2) is 5.82 Å². The van der Waals surface area contributed by atoms with Crippen molar-refractivity contribution >= 4 is 23.4 Å². The molecule has 4 rings (SSSR count). The van der Waals surface area contributed by atoms with E-state index >= 15 is 0 Å². The second kappa shape index (κ2) is 9.41. The Morgan fingerprint density at radius 3 is 2.55 bits per heavy atom. The summed E-state index contributed by atoms with van der Waals surface area (Å²) in [5.41, 5.74) is -0.454. The smallest absolute Gasteiger partial charge is 0.418 e. The van der Waals surface area contributed by atoms with E-state index < -0.39 is 17.6 Å². The van der Waals surface area contributed by atoms with Crippen LogP contribution in [0.2, 0.25) is 0 Å². The van der Waals surface area contributed by atoms with Gasteiger partial charge < -0.3 is 10.1 Å². The summed E-state index contributed by atoms with van der Waals surface area (Å²) in [5, 5.41) is 11.2. The third kappa shape index (κ3) is 5.03. The van der Waals surface area contributed by atoms with Gasteiger partial charge in [-0.2, -0.15) is 13.2 Å². The van der Waals surface area contributed by atoms with Gasteiger partial charge in [-0.25, -0.2) is 4.68 Å². The van der Waals surface area contributed by atoms with E-state index in [0.717, 1.165) is 23.4 Å². The van der Waals surface area contributed by atoms with Gasteiger partial charge in [-0.15, -0.1) is 10.2 Å². The topological polar surface area (TPSA) is 74.0 Å². The largest absolute Gasteiger partial charge is 0.497 e. The first-order valence-electron chi connectivity index (χ1n) is 9.69. The van der Waals surface area contributed by atoms with Gasteiger partial charge in [-0.05, 0) is 36.4 Å². The lowest BCUT2D eigenvalue weighted by atomic mass is 10.1. The molecule has 0 radical (unpaired) electrons. The number of aromatic nitrogens is 4. The molecule has 170 valence electrons.